The molecule has 0 unspecified atom stereocenters. The van der Waals surface area contributed by atoms with Gasteiger partial charge in [0.05, 0.1) is 10.5 Å². The van der Waals surface area contributed by atoms with E-state index in [0.717, 1.165) is 6.07 Å². The van der Waals surface area contributed by atoms with Crippen LogP contribution in [-0.4, -0.2) is 34.9 Å². The number of carbonyl (C=O) groups is 2. The van der Waals surface area contributed by atoms with Crippen LogP contribution in [0.3, 0.4) is 0 Å². The number of hydrogen-bond acceptors (Lipinski definition) is 5. The average molecular weight is 395 g/mol. The molecule has 0 heterocycles. The third-order valence-corrected chi connectivity index (χ3v) is 4.01. The molecule has 0 radical (unpaired) electrons. The van der Waals surface area contributed by atoms with E-state index in [1.165, 1.54) is 49.2 Å². The van der Waals surface area contributed by atoms with E-state index in [0.29, 0.717) is 5.56 Å². The van der Waals surface area contributed by atoms with Crippen LogP contribution in [0.5, 0.6) is 0 Å². The molecule has 1 amide bonds. The van der Waals surface area contributed by atoms with Crippen LogP contribution < -0.4 is 0 Å². The number of nitro benzene ring substituents is 1. The van der Waals surface area contributed by atoms with Gasteiger partial charge in [-0.2, -0.15) is 0 Å². The fourth-order valence-corrected chi connectivity index (χ4v) is 2.54. The standard InChI is InChI=1S/C18H16ClFN2O5/c1-11(17(23)21(2)10-12-4-3-5-14(20)8-12)27-18(24)13-6-7-15(19)16(9-13)22(25)26/h3-9,11H,10H2,1-2H3/t11-/m0/s1. The highest BCUT2D eigenvalue weighted by Crippen LogP contribution is 2.25. The number of rotatable bonds is 6. The molecule has 2 aromatic carbocycles. The van der Waals surface area contributed by atoms with E-state index in [4.69, 9.17) is 16.3 Å². The molecular weight excluding hydrogens is 379 g/mol. The Kier molecular flexibility index (Phi) is 6.46. The molecule has 0 fully saturated rings. The molecule has 2 aromatic rings. The van der Waals surface area contributed by atoms with Gasteiger partial charge in [0.2, 0.25) is 0 Å². The highest BCUT2D eigenvalue weighted by molar-refractivity contribution is 6.32. The third-order valence-electron chi connectivity index (χ3n) is 3.70. The maximum atomic E-state index is 13.2. The maximum Gasteiger partial charge on any atom is 0.339 e. The van der Waals surface area contributed by atoms with Gasteiger partial charge in [0.1, 0.15) is 10.8 Å². The maximum absolute atomic E-state index is 13.2. The predicted molar refractivity (Wildman–Crippen MR) is 95.9 cm³/mol. The number of likely N-dealkylation sites (N-methyl/N-ethyl adjacent to an activating group) is 1. The van der Waals surface area contributed by atoms with Crippen LogP contribution in [0, 0.1) is 15.9 Å². The Morgan fingerprint density at radius 1 is 1.30 bits per heavy atom. The minimum Gasteiger partial charge on any atom is -0.449 e. The summed E-state index contributed by atoms with van der Waals surface area (Å²) < 4.78 is 18.3. The van der Waals surface area contributed by atoms with Gasteiger partial charge in [0.25, 0.3) is 11.6 Å². The molecule has 0 saturated carbocycles. The first-order valence-electron chi connectivity index (χ1n) is 7.83. The Hall–Kier alpha value is -3.00. The number of carbonyl (C=O) groups excluding carboxylic acids is 2. The molecule has 0 bridgehead atoms. The van der Waals surface area contributed by atoms with Crippen LogP contribution in [-0.2, 0) is 16.1 Å². The highest BCUT2D eigenvalue weighted by Gasteiger charge is 2.24. The molecule has 9 heteroatoms. The van der Waals surface area contributed by atoms with Crippen molar-refractivity contribution >= 4 is 29.2 Å². The number of esters is 1. The van der Waals surface area contributed by atoms with Gasteiger partial charge in [-0.3, -0.25) is 14.9 Å². The summed E-state index contributed by atoms with van der Waals surface area (Å²) in [7, 11) is 1.49. The summed E-state index contributed by atoms with van der Waals surface area (Å²) in [5, 5.41) is 10.8. The molecule has 0 N–H and O–H groups in total. The van der Waals surface area contributed by atoms with Gasteiger partial charge in [-0.1, -0.05) is 23.7 Å². The molecule has 0 saturated heterocycles. The second-order valence-corrected chi connectivity index (χ2v) is 6.20. The molecule has 1 atom stereocenters. The van der Waals surface area contributed by atoms with Crippen molar-refractivity contribution in [3.8, 4) is 0 Å². The number of ether oxygens (including phenoxy) is 1. The molecule has 0 aliphatic carbocycles. The van der Waals surface area contributed by atoms with Gasteiger partial charge in [0.15, 0.2) is 6.10 Å². The number of hydrogen-bond donors (Lipinski definition) is 0. The Labute approximate surface area is 159 Å². The van der Waals surface area contributed by atoms with Gasteiger partial charge in [0, 0.05) is 19.7 Å². The fraction of sp³-hybridized carbons (Fsp3) is 0.222. The molecular formula is C18H16ClFN2O5. The van der Waals surface area contributed by atoms with Gasteiger partial charge in [-0.15, -0.1) is 0 Å². The molecule has 2 rings (SSSR count). The summed E-state index contributed by atoms with van der Waals surface area (Å²) >= 11 is 5.70. The van der Waals surface area contributed by atoms with Crippen molar-refractivity contribution in [1.82, 2.24) is 4.90 Å². The van der Waals surface area contributed by atoms with E-state index < -0.39 is 34.4 Å². The van der Waals surface area contributed by atoms with E-state index in [1.807, 2.05) is 0 Å². The van der Waals surface area contributed by atoms with E-state index >= 15 is 0 Å². The Bertz CT molecular complexity index is 890. The van der Waals surface area contributed by atoms with Crippen LogP contribution in [0.15, 0.2) is 42.5 Å². The van der Waals surface area contributed by atoms with Crippen molar-refractivity contribution in [3.05, 3.63) is 74.5 Å². The molecule has 0 aliphatic heterocycles. The third kappa shape index (κ3) is 5.24. The van der Waals surface area contributed by atoms with Gasteiger partial charge in [-0.25, -0.2) is 9.18 Å². The van der Waals surface area contributed by atoms with E-state index in [-0.39, 0.29) is 17.1 Å². The van der Waals surface area contributed by atoms with Crippen molar-refractivity contribution in [2.45, 2.75) is 19.6 Å². The Morgan fingerprint density at radius 2 is 2.00 bits per heavy atom. The summed E-state index contributed by atoms with van der Waals surface area (Å²) in [5.41, 5.74) is 0.0459. The Morgan fingerprint density at radius 3 is 2.63 bits per heavy atom. The lowest BCUT2D eigenvalue weighted by molar-refractivity contribution is -0.384. The van der Waals surface area contributed by atoms with Crippen molar-refractivity contribution in [3.63, 3.8) is 0 Å². The van der Waals surface area contributed by atoms with Crippen LogP contribution in [0.1, 0.15) is 22.8 Å². The molecule has 7 nitrogen and oxygen atoms in total. The second kappa shape index (κ2) is 8.59. The van der Waals surface area contributed by atoms with Crippen LogP contribution in [0.25, 0.3) is 0 Å². The lowest BCUT2D eigenvalue weighted by Gasteiger charge is -2.21. The predicted octanol–water partition coefficient (Wildman–Crippen LogP) is 3.59. The topological polar surface area (TPSA) is 89.7 Å². The number of benzene rings is 2. The largest absolute Gasteiger partial charge is 0.449 e. The summed E-state index contributed by atoms with van der Waals surface area (Å²) in [6.45, 7) is 1.51. The first kappa shape index (κ1) is 20.3. The second-order valence-electron chi connectivity index (χ2n) is 5.80. The monoisotopic (exact) mass is 394 g/mol. The van der Waals surface area contributed by atoms with E-state index in [1.54, 1.807) is 6.07 Å². The minimum atomic E-state index is -1.13. The first-order valence-corrected chi connectivity index (χ1v) is 8.21. The van der Waals surface area contributed by atoms with Crippen LogP contribution in [0.4, 0.5) is 10.1 Å². The lowest BCUT2D eigenvalue weighted by atomic mass is 10.2. The fourth-order valence-electron chi connectivity index (χ4n) is 2.36. The van der Waals surface area contributed by atoms with Gasteiger partial charge >= 0.3 is 5.97 Å². The van der Waals surface area contributed by atoms with Gasteiger partial charge < -0.3 is 9.64 Å². The van der Waals surface area contributed by atoms with Crippen molar-refractivity contribution < 1.29 is 23.6 Å². The van der Waals surface area contributed by atoms with Crippen LogP contribution in [0.2, 0.25) is 5.02 Å². The quantitative estimate of drug-likeness (QED) is 0.424. The van der Waals surface area contributed by atoms with Crippen LogP contribution >= 0.6 is 11.6 Å². The van der Waals surface area contributed by atoms with Crippen molar-refractivity contribution in [2.24, 2.45) is 0 Å². The molecule has 142 valence electrons. The average Bonchev–Trinajstić information content (AvgIpc) is 2.60. The van der Waals surface area contributed by atoms with E-state index in [2.05, 4.69) is 0 Å². The summed E-state index contributed by atoms with van der Waals surface area (Å²) in [5.74, 6) is -1.82. The lowest BCUT2D eigenvalue weighted by Crippen LogP contribution is -2.37. The zero-order valence-electron chi connectivity index (χ0n) is 14.5. The zero-order chi connectivity index (χ0) is 20.1. The summed E-state index contributed by atoms with van der Waals surface area (Å²) in [6, 6.07) is 9.24. The zero-order valence-corrected chi connectivity index (χ0v) is 15.3. The molecule has 0 spiro atoms. The molecule has 27 heavy (non-hydrogen) atoms. The van der Waals surface area contributed by atoms with Crippen molar-refractivity contribution in [1.29, 1.82) is 0 Å². The smallest absolute Gasteiger partial charge is 0.339 e. The van der Waals surface area contributed by atoms with E-state index in [9.17, 15) is 24.1 Å². The Balaban J connectivity index is 2.04. The molecule has 0 aliphatic rings. The van der Waals surface area contributed by atoms with Gasteiger partial charge in [-0.05, 0) is 36.8 Å². The number of nitrogens with zero attached hydrogens (tertiary/aromatic N) is 2. The minimum absolute atomic E-state index is 0.0986. The molecule has 0 aromatic heterocycles. The normalized spacial score (nSPS) is 11.6. The summed E-state index contributed by atoms with van der Waals surface area (Å²) in [4.78, 5) is 36.0. The number of amides is 1. The highest BCUT2D eigenvalue weighted by atomic mass is 35.5. The SMILES string of the molecule is C[C@H](OC(=O)c1ccc(Cl)c([N+](=O)[O-])c1)C(=O)N(C)Cc1cccc(F)c1. The number of halogens is 2. The first-order chi connectivity index (χ1) is 12.7. The van der Waals surface area contributed by atoms with Crippen molar-refractivity contribution in [2.75, 3.05) is 7.05 Å². The number of nitro groups is 1. The summed E-state index contributed by atoms with van der Waals surface area (Å²) in [6.07, 6.45) is -1.13.